The molecule has 1 aliphatic rings. The smallest absolute Gasteiger partial charge is 0.263 e. The molecule has 1 atom stereocenters. The van der Waals surface area contributed by atoms with Crippen molar-refractivity contribution in [1.82, 2.24) is 4.90 Å². The van der Waals surface area contributed by atoms with Crippen LogP contribution < -0.4 is 4.74 Å². The Morgan fingerprint density at radius 1 is 1.24 bits per heavy atom. The van der Waals surface area contributed by atoms with Gasteiger partial charge in [-0.1, -0.05) is 25.0 Å². The number of rotatable bonds is 5. The van der Waals surface area contributed by atoms with Gasteiger partial charge in [0, 0.05) is 12.1 Å². The third-order valence-electron chi connectivity index (χ3n) is 4.18. The van der Waals surface area contributed by atoms with E-state index in [0.717, 1.165) is 24.2 Å². The summed E-state index contributed by atoms with van der Waals surface area (Å²) in [6.45, 7) is 8.07. The van der Waals surface area contributed by atoms with Crippen LogP contribution in [0.15, 0.2) is 24.3 Å². The average Bonchev–Trinajstić information content (AvgIpc) is 2.92. The van der Waals surface area contributed by atoms with Gasteiger partial charge < -0.3 is 9.64 Å². The lowest BCUT2D eigenvalue weighted by molar-refractivity contribution is -0.142. The van der Waals surface area contributed by atoms with Crippen LogP contribution in [0.4, 0.5) is 0 Å². The molecule has 0 aromatic heterocycles. The van der Waals surface area contributed by atoms with E-state index >= 15 is 0 Å². The third kappa shape index (κ3) is 3.99. The maximum atomic E-state index is 12.8. The van der Waals surface area contributed by atoms with E-state index in [1.807, 2.05) is 43.0 Å². The van der Waals surface area contributed by atoms with Gasteiger partial charge in [-0.3, -0.25) is 4.79 Å². The fourth-order valence-corrected chi connectivity index (χ4v) is 3.19. The van der Waals surface area contributed by atoms with Gasteiger partial charge in [0.2, 0.25) is 0 Å². The van der Waals surface area contributed by atoms with Crippen LogP contribution in [-0.4, -0.2) is 29.0 Å². The van der Waals surface area contributed by atoms with E-state index in [1.165, 1.54) is 12.8 Å². The molecule has 2 rings (SSSR count). The van der Waals surface area contributed by atoms with Crippen LogP contribution in [0.2, 0.25) is 0 Å². The lowest BCUT2D eigenvalue weighted by Crippen LogP contribution is -2.49. The Labute approximate surface area is 128 Å². The maximum Gasteiger partial charge on any atom is 0.263 e. The fraction of sp³-hybridized carbons (Fsp3) is 0.611. The number of amides is 1. The van der Waals surface area contributed by atoms with E-state index in [4.69, 9.17) is 4.74 Å². The predicted molar refractivity (Wildman–Crippen MR) is 85.5 cm³/mol. The highest BCUT2D eigenvalue weighted by atomic mass is 16.5. The Kier molecular flexibility index (Phi) is 5.27. The standard InChI is InChI=1S/C18H27NO2/c1-13(2)19(16-9-5-6-10-16)18(20)15(4)21-17-11-7-8-14(3)12-17/h7-8,11-13,15-16H,5-6,9-10H2,1-4H3. The van der Waals surface area contributed by atoms with Crippen molar-refractivity contribution in [3.8, 4) is 5.75 Å². The average molecular weight is 289 g/mol. The Morgan fingerprint density at radius 3 is 2.48 bits per heavy atom. The summed E-state index contributed by atoms with van der Waals surface area (Å²) in [5, 5.41) is 0. The minimum atomic E-state index is -0.435. The molecule has 0 aliphatic heterocycles. The highest BCUT2D eigenvalue weighted by Crippen LogP contribution is 2.26. The van der Waals surface area contributed by atoms with Crippen molar-refractivity contribution < 1.29 is 9.53 Å². The fourth-order valence-electron chi connectivity index (χ4n) is 3.19. The number of benzene rings is 1. The highest BCUT2D eigenvalue weighted by molar-refractivity contribution is 5.81. The van der Waals surface area contributed by atoms with Gasteiger partial charge in [-0.25, -0.2) is 0 Å². The van der Waals surface area contributed by atoms with Crippen LogP contribution in [0.3, 0.4) is 0 Å². The minimum Gasteiger partial charge on any atom is -0.481 e. The molecule has 1 aromatic rings. The van der Waals surface area contributed by atoms with E-state index in [9.17, 15) is 4.79 Å². The molecule has 1 aromatic carbocycles. The summed E-state index contributed by atoms with van der Waals surface area (Å²) in [4.78, 5) is 14.8. The highest BCUT2D eigenvalue weighted by Gasteiger charge is 2.32. The Bertz CT molecular complexity index is 478. The van der Waals surface area contributed by atoms with Gasteiger partial charge in [0.15, 0.2) is 6.10 Å². The largest absolute Gasteiger partial charge is 0.481 e. The van der Waals surface area contributed by atoms with Crippen LogP contribution in [-0.2, 0) is 4.79 Å². The second-order valence-electron chi connectivity index (χ2n) is 6.35. The van der Waals surface area contributed by atoms with E-state index < -0.39 is 6.10 Å². The molecule has 1 fully saturated rings. The number of nitrogens with zero attached hydrogens (tertiary/aromatic N) is 1. The first kappa shape index (κ1) is 15.9. The summed E-state index contributed by atoms with van der Waals surface area (Å²) >= 11 is 0. The third-order valence-corrected chi connectivity index (χ3v) is 4.18. The molecule has 0 N–H and O–H groups in total. The molecule has 1 aliphatic carbocycles. The summed E-state index contributed by atoms with van der Waals surface area (Å²) in [5.74, 6) is 0.879. The van der Waals surface area contributed by atoms with Crippen molar-refractivity contribution in [2.75, 3.05) is 0 Å². The van der Waals surface area contributed by atoms with Crippen molar-refractivity contribution in [2.24, 2.45) is 0 Å². The number of ether oxygens (including phenoxy) is 1. The summed E-state index contributed by atoms with van der Waals surface area (Å²) < 4.78 is 5.86. The first-order chi connectivity index (χ1) is 9.99. The van der Waals surface area contributed by atoms with Gasteiger partial charge in [0.05, 0.1) is 0 Å². The minimum absolute atomic E-state index is 0.110. The van der Waals surface area contributed by atoms with Crippen LogP contribution in [0.1, 0.15) is 52.0 Å². The predicted octanol–water partition coefficient (Wildman–Crippen LogP) is 3.94. The van der Waals surface area contributed by atoms with Crippen LogP contribution in [0.25, 0.3) is 0 Å². The van der Waals surface area contributed by atoms with Crippen LogP contribution in [0.5, 0.6) is 5.75 Å². The van der Waals surface area contributed by atoms with E-state index in [1.54, 1.807) is 0 Å². The molecule has 0 radical (unpaired) electrons. The van der Waals surface area contributed by atoms with Gasteiger partial charge in [0.25, 0.3) is 5.91 Å². The van der Waals surface area contributed by atoms with Crippen LogP contribution >= 0.6 is 0 Å². The quantitative estimate of drug-likeness (QED) is 0.821. The zero-order valence-electron chi connectivity index (χ0n) is 13.6. The van der Waals surface area contributed by atoms with Crippen molar-refractivity contribution in [3.63, 3.8) is 0 Å². The summed E-state index contributed by atoms with van der Waals surface area (Å²) in [6.07, 6.45) is 4.28. The van der Waals surface area contributed by atoms with Crippen LogP contribution in [0, 0.1) is 6.92 Å². The molecular formula is C18H27NO2. The van der Waals surface area contributed by atoms with Gasteiger partial charge in [0.1, 0.15) is 5.75 Å². The van der Waals surface area contributed by atoms with E-state index in [2.05, 4.69) is 13.8 Å². The molecule has 1 amide bonds. The summed E-state index contributed by atoms with van der Waals surface area (Å²) in [7, 11) is 0. The number of carbonyl (C=O) groups is 1. The maximum absolute atomic E-state index is 12.8. The zero-order valence-corrected chi connectivity index (χ0v) is 13.6. The number of hydrogen-bond donors (Lipinski definition) is 0. The van der Waals surface area contributed by atoms with Gasteiger partial charge in [-0.15, -0.1) is 0 Å². The number of aryl methyl sites for hydroxylation is 1. The SMILES string of the molecule is Cc1cccc(OC(C)C(=O)N(C(C)C)C2CCCC2)c1. The molecule has 3 nitrogen and oxygen atoms in total. The lowest BCUT2D eigenvalue weighted by Gasteiger charge is -2.34. The monoisotopic (exact) mass is 289 g/mol. The number of hydrogen-bond acceptors (Lipinski definition) is 2. The van der Waals surface area contributed by atoms with Gasteiger partial charge >= 0.3 is 0 Å². The summed E-state index contributed by atoms with van der Waals surface area (Å²) in [5.41, 5.74) is 1.14. The Morgan fingerprint density at radius 2 is 1.90 bits per heavy atom. The van der Waals surface area contributed by atoms with Gasteiger partial charge in [-0.2, -0.15) is 0 Å². The zero-order chi connectivity index (χ0) is 15.4. The molecule has 21 heavy (non-hydrogen) atoms. The summed E-state index contributed by atoms with van der Waals surface area (Å²) in [6, 6.07) is 8.48. The normalized spacial score (nSPS) is 17.0. The Balaban J connectivity index is 2.05. The molecule has 3 heteroatoms. The van der Waals surface area contributed by atoms with E-state index in [-0.39, 0.29) is 11.9 Å². The lowest BCUT2D eigenvalue weighted by atomic mass is 10.1. The molecule has 0 spiro atoms. The van der Waals surface area contributed by atoms with Crippen molar-refractivity contribution >= 4 is 5.91 Å². The molecular weight excluding hydrogens is 262 g/mol. The number of carbonyl (C=O) groups excluding carboxylic acids is 1. The molecule has 1 unspecified atom stereocenters. The molecule has 1 saturated carbocycles. The molecule has 116 valence electrons. The topological polar surface area (TPSA) is 29.5 Å². The Hall–Kier alpha value is -1.51. The second kappa shape index (κ2) is 6.97. The molecule has 0 bridgehead atoms. The van der Waals surface area contributed by atoms with Gasteiger partial charge in [-0.05, 0) is 58.2 Å². The first-order valence-electron chi connectivity index (χ1n) is 8.04. The molecule has 0 saturated heterocycles. The van der Waals surface area contributed by atoms with Crippen molar-refractivity contribution in [2.45, 2.75) is 71.6 Å². The second-order valence-corrected chi connectivity index (χ2v) is 6.35. The molecule has 0 heterocycles. The van der Waals surface area contributed by atoms with Crippen molar-refractivity contribution in [3.05, 3.63) is 29.8 Å². The van der Waals surface area contributed by atoms with Crippen molar-refractivity contribution in [1.29, 1.82) is 0 Å². The first-order valence-corrected chi connectivity index (χ1v) is 8.04. The van der Waals surface area contributed by atoms with E-state index in [0.29, 0.717) is 6.04 Å².